The van der Waals surface area contributed by atoms with E-state index in [1.54, 1.807) is 25.1 Å². The number of rotatable bonds is 4. The van der Waals surface area contributed by atoms with E-state index >= 15 is 0 Å². The van der Waals surface area contributed by atoms with E-state index in [9.17, 15) is 41.8 Å². The number of phenols is 1. The molecule has 3 aromatic rings. The maximum absolute atomic E-state index is 14.4. The Labute approximate surface area is 286 Å². The Kier molecular flexibility index (Phi) is 7.60. The van der Waals surface area contributed by atoms with Gasteiger partial charge in [0.25, 0.3) is 11.8 Å². The summed E-state index contributed by atoms with van der Waals surface area (Å²) in [6.07, 6.45) is -3.00. The minimum Gasteiger partial charge on any atom is -0.508 e. The van der Waals surface area contributed by atoms with Gasteiger partial charge in [-0.25, -0.2) is 14.3 Å². The number of hydrogen-bond donors (Lipinski definition) is 1. The molecule has 15 heteroatoms. The number of amides is 4. The molecule has 6 atom stereocenters. The summed E-state index contributed by atoms with van der Waals surface area (Å²) in [7, 11) is 1.22. The Morgan fingerprint density at radius 1 is 0.959 bits per heavy atom. The topological polar surface area (TPSA) is 111 Å². The molecule has 1 saturated carbocycles. The molecule has 2 saturated heterocycles. The fourth-order valence-corrected chi connectivity index (χ4v) is 8.56. The maximum atomic E-state index is 14.4. The lowest BCUT2D eigenvalue weighted by Gasteiger charge is -2.49. The van der Waals surface area contributed by atoms with Crippen molar-refractivity contribution in [2.75, 3.05) is 17.0 Å². The van der Waals surface area contributed by atoms with E-state index in [1.807, 2.05) is 0 Å². The first-order chi connectivity index (χ1) is 23.0. The predicted octanol–water partition coefficient (Wildman–Crippen LogP) is 6.53. The van der Waals surface area contributed by atoms with Crippen LogP contribution in [-0.2, 0) is 25.4 Å². The summed E-state index contributed by atoms with van der Waals surface area (Å²) in [5.41, 5.74) is -1.53. The number of imide groups is 2. The van der Waals surface area contributed by atoms with Crippen LogP contribution in [0.2, 0.25) is 10.0 Å². The number of nitrogens with zero attached hydrogens (tertiary/aromatic N) is 4. The molecule has 0 radical (unpaired) electrons. The van der Waals surface area contributed by atoms with E-state index in [0.717, 1.165) is 27.1 Å². The van der Waals surface area contributed by atoms with Gasteiger partial charge in [-0.2, -0.15) is 18.2 Å². The van der Waals surface area contributed by atoms with E-state index in [4.69, 9.17) is 23.2 Å². The number of benzene rings is 2. The molecule has 1 N–H and O–H groups in total. The average molecular weight is 718 g/mol. The number of carbonyl (C=O) groups excluding carboxylic acids is 4. The standard InChI is InChI=1S/C34H26Cl2F4N4O5/c1-33-21(30(47)43(32(33)49)16-6-10-24(37)23(36)13-16)14-20-18(27(33)15-4-3-5-17(45)12-15)7-8-19-26(20)31(48)44(29(19)46)42(2)28-22(35)9-11-25(41-28)34(38,39)40/h3-7,9-13,19-21,26-27,45H,8,14H2,1-2H3. The molecule has 2 aliphatic heterocycles. The van der Waals surface area contributed by atoms with Gasteiger partial charge in [0.2, 0.25) is 11.8 Å². The maximum Gasteiger partial charge on any atom is 0.433 e. The first kappa shape index (κ1) is 33.0. The van der Waals surface area contributed by atoms with E-state index in [0.29, 0.717) is 17.2 Å². The van der Waals surface area contributed by atoms with Crippen molar-refractivity contribution in [3.05, 3.63) is 93.4 Å². The molecule has 0 bridgehead atoms. The first-order valence-corrected chi connectivity index (χ1v) is 16.0. The zero-order chi connectivity index (χ0) is 35.3. The molecule has 0 spiro atoms. The van der Waals surface area contributed by atoms with Gasteiger partial charge in [0.1, 0.15) is 17.3 Å². The highest BCUT2D eigenvalue weighted by atomic mass is 35.5. The molecule has 254 valence electrons. The third kappa shape index (κ3) is 4.84. The summed E-state index contributed by atoms with van der Waals surface area (Å²) in [6, 6.07) is 11.4. The summed E-state index contributed by atoms with van der Waals surface area (Å²) in [5, 5.41) is 11.6. The Morgan fingerprint density at radius 3 is 2.37 bits per heavy atom. The predicted molar refractivity (Wildman–Crippen MR) is 169 cm³/mol. The molecule has 2 aliphatic carbocycles. The van der Waals surface area contributed by atoms with Gasteiger partial charge in [0.15, 0.2) is 5.82 Å². The van der Waals surface area contributed by atoms with Crippen molar-refractivity contribution in [2.24, 2.45) is 29.1 Å². The number of hydrazine groups is 1. The molecular weight excluding hydrogens is 691 g/mol. The van der Waals surface area contributed by atoms with Crippen LogP contribution in [0.4, 0.5) is 29.1 Å². The summed E-state index contributed by atoms with van der Waals surface area (Å²) in [4.78, 5) is 61.4. The normalized spacial score (nSPS) is 28.0. The SMILES string of the molecule is CN(c1nc(C(F)(F)F)ccc1Cl)N1C(=O)C2CC=C3C(CC4C(=O)N(c5ccc(F)c(Cl)c5)C(=O)C4(C)C3c3cccc(O)c3)C2C1=O. The lowest BCUT2D eigenvalue weighted by Crippen LogP contribution is -2.49. The number of allylic oxidation sites excluding steroid dienone is 2. The molecule has 49 heavy (non-hydrogen) atoms. The van der Waals surface area contributed by atoms with Gasteiger partial charge in [0.05, 0.1) is 38.9 Å². The van der Waals surface area contributed by atoms with E-state index < -0.39 is 82.1 Å². The molecule has 7 rings (SSSR count). The molecule has 4 amide bonds. The number of anilines is 2. The highest BCUT2D eigenvalue weighted by Crippen LogP contribution is 2.64. The Bertz CT molecular complexity index is 2010. The van der Waals surface area contributed by atoms with Crippen molar-refractivity contribution in [1.82, 2.24) is 9.99 Å². The van der Waals surface area contributed by atoms with Crippen molar-refractivity contribution < 1.29 is 41.8 Å². The second kappa shape index (κ2) is 11.3. The van der Waals surface area contributed by atoms with Crippen molar-refractivity contribution in [1.29, 1.82) is 0 Å². The number of halogens is 6. The molecule has 3 fully saturated rings. The van der Waals surface area contributed by atoms with Crippen LogP contribution in [-0.4, -0.2) is 45.8 Å². The minimum atomic E-state index is -4.82. The second-order valence-electron chi connectivity index (χ2n) is 12.9. The highest BCUT2D eigenvalue weighted by molar-refractivity contribution is 6.33. The van der Waals surface area contributed by atoms with Crippen LogP contribution in [0.25, 0.3) is 0 Å². The monoisotopic (exact) mass is 716 g/mol. The van der Waals surface area contributed by atoms with Gasteiger partial charge >= 0.3 is 6.18 Å². The zero-order valence-corrected chi connectivity index (χ0v) is 27.2. The third-order valence-corrected chi connectivity index (χ3v) is 10.9. The summed E-state index contributed by atoms with van der Waals surface area (Å²) < 4.78 is 54.6. The summed E-state index contributed by atoms with van der Waals surface area (Å²) in [6.45, 7) is 1.64. The molecule has 4 aliphatic rings. The van der Waals surface area contributed by atoms with Gasteiger partial charge in [-0.3, -0.25) is 24.2 Å². The molecule has 1 aromatic heterocycles. The first-order valence-electron chi connectivity index (χ1n) is 15.2. The van der Waals surface area contributed by atoms with Gasteiger partial charge in [0, 0.05) is 13.0 Å². The lowest BCUT2D eigenvalue weighted by molar-refractivity contribution is -0.141. The van der Waals surface area contributed by atoms with Crippen molar-refractivity contribution in [3.63, 3.8) is 0 Å². The number of aromatic nitrogens is 1. The molecule has 6 unspecified atom stereocenters. The Morgan fingerprint density at radius 2 is 1.69 bits per heavy atom. The number of aromatic hydroxyl groups is 1. The van der Waals surface area contributed by atoms with Crippen molar-refractivity contribution in [2.45, 2.75) is 31.9 Å². The van der Waals surface area contributed by atoms with E-state index in [1.165, 1.54) is 31.3 Å². The number of carbonyl (C=O) groups is 4. The van der Waals surface area contributed by atoms with Crippen LogP contribution in [0.5, 0.6) is 5.75 Å². The van der Waals surface area contributed by atoms with E-state index in [2.05, 4.69) is 4.98 Å². The zero-order valence-electron chi connectivity index (χ0n) is 25.7. The third-order valence-electron chi connectivity index (χ3n) is 10.3. The van der Waals surface area contributed by atoms with Crippen LogP contribution in [0.1, 0.15) is 36.9 Å². The second-order valence-corrected chi connectivity index (χ2v) is 13.7. The van der Waals surface area contributed by atoms with Gasteiger partial charge in [-0.05, 0) is 73.7 Å². The lowest BCUT2D eigenvalue weighted by atomic mass is 9.51. The fraction of sp³-hybridized carbons (Fsp3) is 0.324. The number of hydrogen-bond acceptors (Lipinski definition) is 7. The Hall–Kier alpha value is -4.49. The van der Waals surface area contributed by atoms with Gasteiger partial charge in [-0.15, -0.1) is 0 Å². The number of pyridine rings is 1. The van der Waals surface area contributed by atoms with Gasteiger partial charge in [-0.1, -0.05) is 47.0 Å². The van der Waals surface area contributed by atoms with E-state index in [-0.39, 0.29) is 34.3 Å². The highest BCUT2D eigenvalue weighted by Gasteiger charge is 2.68. The quantitative estimate of drug-likeness (QED) is 0.186. The van der Waals surface area contributed by atoms with Crippen LogP contribution in [0.3, 0.4) is 0 Å². The smallest absolute Gasteiger partial charge is 0.433 e. The molecular formula is C34H26Cl2F4N4O5. The van der Waals surface area contributed by atoms with Crippen molar-refractivity contribution in [3.8, 4) is 5.75 Å². The molecule has 9 nitrogen and oxygen atoms in total. The summed E-state index contributed by atoms with van der Waals surface area (Å²) >= 11 is 12.2. The van der Waals surface area contributed by atoms with Crippen LogP contribution < -0.4 is 9.91 Å². The van der Waals surface area contributed by atoms with Crippen LogP contribution >= 0.6 is 23.2 Å². The number of fused-ring (bicyclic) bond motifs is 4. The summed E-state index contributed by atoms with van der Waals surface area (Å²) in [5.74, 6) is -8.46. The van der Waals surface area contributed by atoms with Crippen LogP contribution in [0, 0.1) is 34.9 Å². The average Bonchev–Trinajstić information content (AvgIpc) is 3.41. The molecule has 3 heterocycles. The number of alkyl halides is 3. The van der Waals surface area contributed by atoms with Crippen LogP contribution in [0.15, 0.2) is 66.2 Å². The fourth-order valence-electron chi connectivity index (χ4n) is 8.16. The number of phenolic OH excluding ortho intramolecular Hbond substituents is 1. The largest absolute Gasteiger partial charge is 0.508 e. The van der Waals surface area contributed by atoms with Crippen molar-refractivity contribution >= 4 is 58.3 Å². The van der Waals surface area contributed by atoms with Gasteiger partial charge < -0.3 is 5.11 Å². The minimum absolute atomic E-state index is 0.0199. The molecule has 2 aromatic carbocycles. The Balaban J connectivity index is 1.32.